The Hall–Kier alpha value is -0.550. The standard InChI is InChI=1S/C13H21F3N2/c14-13(15,16)11-5-7-18(8-6-11)9-10-1-3-12(17)4-2-10/h5,10,12H,1-4,6-9,17H2. The van der Waals surface area contributed by atoms with E-state index in [1.54, 1.807) is 0 Å². The third-order valence-electron chi connectivity index (χ3n) is 4.07. The topological polar surface area (TPSA) is 29.3 Å². The zero-order chi connectivity index (χ0) is 13.2. The number of hydrogen-bond acceptors (Lipinski definition) is 2. The predicted molar refractivity (Wildman–Crippen MR) is 65.1 cm³/mol. The molecule has 0 saturated heterocycles. The summed E-state index contributed by atoms with van der Waals surface area (Å²) in [5, 5.41) is 0. The number of hydrogen-bond donors (Lipinski definition) is 1. The normalized spacial score (nSPS) is 31.2. The summed E-state index contributed by atoms with van der Waals surface area (Å²) in [7, 11) is 0. The SMILES string of the molecule is NC1CCC(CN2CC=C(C(F)(F)F)CC2)CC1. The first-order chi connectivity index (χ1) is 8.45. The fourth-order valence-corrected chi connectivity index (χ4v) is 2.87. The molecule has 0 atom stereocenters. The van der Waals surface area contributed by atoms with Crippen LogP contribution in [-0.2, 0) is 0 Å². The molecule has 2 rings (SSSR count). The van der Waals surface area contributed by atoms with Gasteiger partial charge in [-0.1, -0.05) is 6.08 Å². The molecule has 18 heavy (non-hydrogen) atoms. The maximum atomic E-state index is 12.5. The quantitative estimate of drug-likeness (QED) is 0.775. The summed E-state index contributed by atoms with van der Waals surface area (Å²) in [5.74, 6) is 0.616. The molecule has 2 N–H and O–H groups in total. The molecular weight excluding hydrogens is 241 g/mol. The van der Waals surface area contributed by atoms with Crippen LogP contribution in [0.1, 0.15) is 32.1 Å². The fraction of sp³-hybridized carbons (Fsp3) is 0.846. The van der Waals surface area contributed by atoms with Gasteiger partial charge in [0, 0.05) is 31.2 Å². The first-order valence-electron chi connectivity index (χ1n) is 6.69. The van der Waals surface area contributed by atoms with Crippen LogP contribution in [0.2, 0.25) is 0 Å². The Labute approximate surface area is 106 Å². The van der Waals surface area contributed by atoms with Crippen molar-refractivity contribution in [1.82, 2.24) is 4.90 Å². The van der Waals surface area contributed by atoms with E-state index >= 15 is 0 Å². The van der Waals surface area contributed by atoms with Crippen LogP contribution in [0.5, 0.6) is 0 Å². The van der Waals surface area contributed by atoms with E-state index < -0.39 is 6.18 Å². The van der Waals surface area contributed by atoms with Crippen LogP contribution < -0.4 is 5.73 Å². The number of rotatable bonds is 2. The molecule has 2 nitrogen and oxygen atoms in total. The van der Waals surface area contributed by atoms with Crippen molar-refractivity contribution in [3.8, 4) is 0 Å². The third-order valence-corrected chi connectivity index (χ3v) is 4.07. The van der Waals surface area contributed by atoms with Gasteiger partial charge in [-0.15, -0.1) is 0 Å². The fourth-order valence-electron chi connectivity index (χ4n) is 2.87. The number of nitrogens with two attached hydrogens (primary N) is 1. The zero-order valence-corrected chi connectivity index (χ0v) is 10.5. The van der Waals surface area contributed by atoms with Crippen LogP contribution in [0.4, 0.5) is 13.2 Å². The molecule has 1 aliphatic carbocycles. The lowest BCUT2D eigenvalue weighted by Gasteiger charge is -2.33. The van der Waals surface area contributed by atoms with Crippen molar-refractivity contribution < 1.29 is 13.2 Å². The van der Waals surface area contributed by atoms with E-state index in [-0.39, 0.29) is 12.0 Å². The molecule has 1 heterocycles. The molecular formula is C13H21F3N2. The van der Waals surface area contributed by atoms with Gasteiger partial charge in [-0.3, -0.25) is 4.90 Å². The van der Waals surface area contributed by atoms with Gasteiger partial charge in [0.15, 0.2) is 0 Å². The molecule has 0 aromatic carbocycles. The molecule has 0 amide bonds. The summed E-state index contributed by atoms with van der Waals surface area (Å²) in [6.45, 7) is 1.90. The molecule has 1 saturated carbocycles. The van der Waals surface area contributed by atoms with Gasteiger partial charge < -0.3 is 5.73 Å². The van der Waals surface area contributed by atoms with Gasteiger partial charge in [0.05, 0.1) is 0 Å². The average Bonchev–Trinajstić information content (AvgIpc) is 2.32. The van der Waals surface area contributed by atoms with Crippen LogP contribution >= 0.6 is 0 Å². The molecule has 1 aliphatic heterocycles. The minimum absolute atomic E-state index is 0.135. The van der Waals surface area contributed by atoms with Crippen LogP contribution in [0.25, 0.3) is 0 Å². The summed E-state index contributed by atoms with van der Waals surface area (Å²) in [4.78, 5) is 2.14. The maximum Gasteiger partial charge on any atom is 0.412 e. The second-order valence-electron chi connectivity index (χ2n) is 5.52. The third kappa shape index (κ3) is 3.72. The minimum Gasteiger partial charge on any atom is -0.328 e. The lowest BCUT2D eigenvalue weighted by molar-refractivity contribution is -0.0961. The van der Waals surface area contributed by atoms with Gasteiger partial charge >= 0.3 is 6.18 Å². The van der Waals surface area contributed by atoms with Crippen LogP contribution in [-0.4, -0.2) is 36.8 Å². The predicted octanol–water partition coefficient (Wildman–Crippen LogP) is 2.70. The lowest BCUT2D eigenvalue weighted by atomic mass is 9.86. The number of alkyl halides is 3. The molecule has 0 spiro atoms. The summed E-state index contributed by atoms with van der Waals surface area (Å²) in [6, 6.07) is 0.333. The Bertz CT molecular complexity index is 304. The van der Waals surface area contributed by atoms with Crippen LogP contribution in [0.15, 0.2) is 11.6 Å². The first-order valence-corrected chi connectivity index (χ1v) is 6.69. The molecule has 0 aromatic rings. The average molecular weight is 262 g/mol. The first kappa shape index (κ1) is 13.9. The highest BCUT2D eigenvalue weighted by Gasteiger charge is 2.35. The Morgan fingerprint density at radius 2 is 1.89 bits per heavy atom. The monoisotopic (exact) mass is 262 g/mol. The van der Waals surface area contributed by atoms with Crippen LogP contribution in [0, 0.1) is 5.92 Å². The second kappa shape index (κ2) is 5.61. The Balaban J connectivity index is 1.78. The van der Waals surface area contributed by atoms with Gasteiger partial charge in [0.25, 0.3) is 0 Å². The van der Waals surface area contributed by atoms with Crippen LogP contribution in [0.3, 0.4) is 0 Å². The molecule has 2 aliphatic rings. The Morgan fingerprint density at radius 1 is 1.22 bits per heavy atom. The zero-order valence-electron chi connectivity index (χ0n) is 10.5. The van der Waals surface area contributed by atoms with E-state index in [4.69, 9.17) is 5.73 Å². The molecule has 1 fully saturated rings. The molecule has 5 heteroatoms. The van der Waals surface area contributed by atoms with E-state index in [2.05, 4.69) is 4.90 Å². The number of nitrogens with zero attached hydrogens (tertiary/aromatic N) is 1. The highest BCUT2D eigenvalue weighted by Crippen LogP contribution is 2.31. The summed E-state index contributed by atoms with van der Waals surface area (Å²) < 4.78 is 37.4. The Morgan fingerprint density at radius 3 is 2.39 bits per heavy atom. The smallest absolute Gasteiger partial charge is 0.328 e. The van der Waals surface area contributed by atoms with E-state index in [0.717, 1.165) is 32.2 Å². The van der Waals surface area contributed by atoms with E-state index in [0.29, 0.717) is 25.0 Å². The molecule has 0 bridgehead atoms. The minimum atomic E-state index is -4.14. The summed E-state index contributed by atoms with van der Waals surface area (Å²) in [5.41, 5.74) is 5.49. The van der Waals surface area contributed by atoms with Crippen molar-refractivity contribution in [1.29, 1.82) is 0 Å². The van der Waals surface area contributed by atoms with Gasteiger partial charge in [-0.2, -0.15) is 13.2 Å². The molecule has 0 aromatic heterocycles. The van der Waals surface area contributed by atoms with Crippen molar-refractivity contribution in [3.05, 3.63) is 11.6 Å². The van der Waals surface area contributed by atoms with Crippen molar-refractivity contribution in [2.75, 3.05) is 19.6 Å². The number of halogens is 3. The second-order valence-corrected chi connectivity index (χ2v) is 5.52. The van der Waals surface area contributed by atoms with Crippen molar-refractivity contribution in [2.45, 2.75) is 44.3 Å². The highest BCUT2D eigenvalue weighted by molar-refractivity contribution is 5.13. The van der Waals surface area contributed by atoms with Gasteiger partial charge in [-0.25, -0.2) is 0 Å². The van der Waals surface area contributed by atoms with Gasteiger partial charge in [0.1, 0.15) is 0 Å². The lowest BCUT2D eigenvalue weighted by Crippen LogP contribution is -2.37. The molecule has 0 unspecified atom stereocenters. The van der Waals surface area contributed by atoms with Gasteiger partial charge in [0.2, 0.25) is 0 Å². The van der Waals surface area contributed by atoms with Gasteiger partial charge in [-0.05, 0) is 38.0 Å². The Kier molecular flexibility index (Phi) is 4.33. The van der Waals surface area contributed by atoms with E-state index in [9.17, 15) is 13.2 Å². The largest absolute Gasteiger partial charge is 0.412 e. The highest BCUT2D eigenvalue weighted by atomic mass is 19.4. The maximum absolute atomic E-state index is 12.5. The molecule has 0 radical (unpaired) electrons. The van der Waals surface area contributed by atoms with E-state index in [1.807, 2.05) is 0 Å². The van der Waals surface area contributed by atoms with Crippen molar-refractivity contribution >= 4 is 0 Å². The molecule has 104 valence electrons. The van der Waals surface area contributed by atoms with Crippen molar-refractivity contribution in [2.24, 2.45) is 11.7 Å². The summed E-state index contributed by atoms with van der Waals surface area (Å²) >= 11 is 0. The summed E-state index contributed by atoms with van der Waals surface area (Å²) in [6.07, 6.45) is 1.70. The van der Waals surface area contributed by atoms with Crippen molar-refractivity contribution in [3.63, 3.8) is 0 Å². The van der Waals surface area contributed by atoms with E-state index in [1.165, 1.54) is 6.08 Å².